The molecule has 0 radical (unpaired) electrons. The molecule has 188 valence electrons. The van der Waals surface area contributed by atoms with Crippen LogP contribution in [0.3, 0.4) is 0 Å². The van der Waals surface area contributed by atoms with Crippen molar-refractivity contribution in [3.63, 3.8) is 0 Å². The van der Waals surface area contributed by atoms with Gasteiger partial charge in [-0.25, -0.2) is 4.98 Å². The van der Waals surface area contributed by atoms with Crippen LogP contribution >= 0.6 is 57.6 Å². The van der Waals surface area contributed by atoms with Crippen molar-refractivity contribution in [2.75, 3.05) is 6.54 Å². The summed E-state index contributed by atoms with van der Waals surface area (Å²) in [6.07, 6.45) is 0.607. The van der Waals surface area contributed by atoms with Crippen molar-refractivity contribution in [1.82, 2.24) is 25.1 Å². The topological polar surface area (TPSA) is 72.7 Å². The van der Waals surface area contributed by atoms with E-state index in [9.17, 15) is 4.79 Å². The van der Waals surface area contributed by atoms with Crippen molar-refractivity contribution >= 4 is 63.5 Å². The van der Waals surface area contributed by atoms with Gasteiger partial charge in [-0.3, -0.25) is 9.36 Å². The Kier molecular flexibility index (Phi) is 8.26. The summed E-state index contributed by atoms with van der Waals surface area (Å²) in [5, 5.41) is 18.5. The molecule has 0 saturated carbocycles. The fraction of sp³-hybridized carbons (Fsp3) is 0.154. The highest BCUT2D eigenvalue weighted by Crippen LogP contribution is 2.32. The summed E-state index contributed by atoms with van der Waals surface area (Å²) in [6.45, 7) is 2.52. The van der Waals surface area contributed by atoms with Crippen molar-refractivity contribution < 1.29 is 4.79 Å². The third-order valence-corrected chi connectivity index (χ3v) is 8.86. The number of carbonyl (C=O) groups is 1. The van der Waals surface area contributed by atoms with Crippen molar-refractivity contribution in [2.45, 2.75) is 24.3 Å². The van der Waals surface area contributed by atoms with Gasteiger partial charge in [-0.05, 0) is 60.2 Å². The predicted molar refractivity (Wildman–Crippen MR) is 154 cm³/mol. The number of aryl methyl sites for hydroxylation is 1. The van der Waals surface area contributed by atoms with Crippen LogP contribution in [-0.2, 0) is 12.2 Å². The standard InChI is InChI=1S/C26H21Cl2N5OS3/c1-16-4-2-5-19(12-16)33-24(22-6-3-11-35-22)31-32-26(33)37-15-23-30-21(14-36-23)25(34)29-10-9-17-7-8-18(27)13-20(17)28/h2-8,11-14H,9-10,15H2,1H3,(H,29,34). The van der Waals surface area contributed by atoms with E-state index < -0.39 is 0 Å². The summed E-state index contributed by atoms with van der Waals surface area (Å²) in [6, 6.07) is 17.7. The van der Waals surface area contributed by atoms with Gasteiger partial charge in [0.25, 0.3) is 5.91 Å². The second-order valence-electron chi connectivity index (χ2n) is 8.11. The molecule has 0 fully saturated rings. The monoisotopic (exact) mass is 585 g/mol. The Morgan fingerprint density at radius 1 is 1.08 bits per heavy atom. The van der Waals surface area contributed by atoms with Crippen LogP contribution in [0, 0.1) is 6.92 Å². The number of aromatic nitrogens is 4. The van der Waals surface area contributed by atoms with Crippen LogP contribution in [-0.4, -0.2) is 32.2 Å². The zero-order valence-electron chi connectivity index (χ0n) is 19.6. The summed E-state index contributed by atoms with van der Waals surface area (Å²) >= 11 is 16.8. The van der Waals surface area contributed by atoms with E-state index in [0.717, 1.165) is 37.7 Å². The molecular weight excluding hydrogens is 565 g/mol. The molecule has 1 amide bonds. The normalized spacial score (nSPS) is 11.1. The molecule has 11 heteroatoms. The second-order valence-corrected chi connectivity index (χ2v) is 11.8. The lowest BCUT2D eigenvalue weighted by molar-refractivity contribution is 0.0949. The summed E-state index contributed by atoms with van der Waals surface area (Å²) in [5.41, 5.74) is 3.51. The highest BCUT2D eigenvalue weighted by molar-refractivity contribution is 7.98. The molecular formula is C26H21Cl2N5OS3. The summed E-state index contributed by atoms with van der Waals surface area (Å²) in [7, 11) is 0. The Bertz CT molecular complexity index is 1530. The lowest BCUT2D eigenvalue weighted by Crippen LogP contribution is -2.26. The molecule has 37 heavy (non-hydrogen) atoms. The second kappa shape index (κ2) is 11.8. The van der Waals surface area contributed by atoms with Crippen molar-refractivity contribution in [3.05, 3.63) is 97.2 Å². The van der Waals surface area contributed by atoms with E-state index in [1.165, 1.54) is 11.3 Å². The Morgan fingerprint density at radius 3 is 2.76 bits per heavy atom. The molecule has 5 rings (SSSR count). The molecule has 0 atom stereocenters. The largest absolute Gasteiger partial charge is 0.350 e. The quantitative estimate of drug-likeness (QED) is 0.183. The summed E-state index contributed by atoms with van der Waals surface area (Å²) in [4.78, 5) is 18.2. The first-order valence-electron chi connectivity index (χ1n) is 11.3. The van der Waals surface area contributed by atoms with Gasteiger partial charge in [0.1, 0.15) is 10.7 Å². The molecule has 6 nitrogen and oxygen atoms in total. The first-order chi connectivity index (χ1) is 18.0. The van der Waals surface area contributed by atoms with Crippen LogP contribution in [0.5, 0.6) is 0 Å². The molecule has 1 N–H and O–H groups in total. The molecule has 0 aliphatic rings. The van der Waals surface area contributed by atoms with Crippen LogP contribution in [0.25, 0.3) is 16.4 Å². The number of benzene rings is 2. The maximum absolute atomic E-state index is 12.6. The van der Waals surface area contributed by atoms with E-state index >= 15 is 0 Å². The van der Waals surface area contributed by atoms with E-state index in [2.05, 4.69) is 50.2 Å². The van der Waals surface area contributed by atoms with Gasteiger partial charge in [-0.15, -0.1) is 32.9 Å². The molecule has 0 aliphatic heterocycles. The van der Waals surface area contributed by atoms with Crippen LogP contribution < -0.4 is 5.32 Å². The molecule has 5 aromatic rings. The number of thiophene rings is 1. The van der Waals surface area contributed by atoms with Crippen LogP contribution in [0.2, 0.25) is 10.0 Å². The number of amides is 1. The fourth-order valence-electron chi connectivity index (χ4n) is 3.66. The minimum Gasteiger partial charge on any atom is -0.350 e. The number of thioether (sulfide) groups is 1. The highest BCUT2D eigenvalue weighted by Gasteiger charge is 2.18. The van der Waals surface area contributed by atoms with Crippen molar-refractivity contribution in [2.24, 2.45) is 0 Å². The Labute approximate surface area is 236 Å². The molecule has 0 aliphatic carbocycles. The van der Waals surface area contributed by atoms with Gasteiger partial charge >= 0.3 is 0 Å². The summed E-state index contributed by atoms with van der Waals surface area (Å²) < 4.78 is 2.08. The average Bonchev–Trinajstić information content (AvgIpc) is 3.64. The molecule has 0 spiro atoms. The SMILES string of the molecule is Cc1cccc(-n2c(SCc3nc(C(=O)NCCc4ccc(Cl)cc4Cl)cs3)nnc2-c2cccs2)c1. The Morgan fingerprint density at radius 2 is 1.97 bits per heavy atom. The van der Waals surface area contributed by atoms with E-state index in [4.69, 9.17) is 23.2 Å². The van der Waals surface area contributed by atoms with E-state index in [0.29, 0.717) is 34.5 Å². The Hall–Kier alpha value is -2.69. The third-order valence-electron chi connectivity index (χ3n) is 5.44. The molecule has 0 unspecified atom stereocenters. The van der Waals surface area contributed by atoms with Gasteiger partial charge in [0.05, 0.1) is 16.3 Å². The zero-order valence-corrected chi connectivity index (χ0v) is 23.6. The fourth-order valence-corrected chi connectivity index (χ4v) is 6.61. The number of rotatable bonds is 9. The number of halogens is 2. The van der Waals surface area contributed by atoms with E-state index in [1.807, 2.05) is 29.6 Å². The molecule has 3 heterocycles. The van der Waals surface area contributed by atoms with E-state index in [1.54, 1.807) is 40.6 Å². The number of hydrogen-bond donors (Lipinski definition) is 1. The lowest BCUT2D eigenvalue weighted by Gasteiger charge is -2.10. The van der Waals surface area contributed by atoms with E-state index in [-0.39, 0.29) is 5.91 Å². The number of nitrogens with one attached hydrogen (secondary N) is 1. The van der Waals surface area contributed by atoms with Gasteiger partial charge in [-0.1, -0.05) is 59.2 Å². The van der Waals surface area contributed by atoms with Crippen molar-refractivity contribution in [1.29, 1.82) is 0 Å². The smallest absolute Gasteiger partial charge is 0.270 e. The van der Waals surface area contributed by atoms with Gasteiger partial charge in [0.15, 0.2) is 11.0 Å². The van der Waals surface area contributed by atoms with Gasteiger partial charge in [-0.2, -0.15) is 0 Å². The first kappa shape index (κ1) is 25.9. The number of nitrogens with zero attached hydrogens (tertiary/aromatic N) is 4. The maximum Gasteiger partial charge on any atom is 0.270 e. The number of hydrogen-bond acceptors (Lipinski definition) is 7. The first-order valence-corrected chi connectivity index (χ1v) is 14.8. The Balaban J connectivity index is 1.25. The average molecular weight is 587 g/mol. The molecule has 0 saturated heterocycles. The summed E-state index contributed by atoms with van der Waals surface area (Å²) in [5.74, 6) is 1.18. The van der Waals surface area contributed by atoms with Gasteiger partial charge < -0.3 is 5.32 Å². The van der Waals surface area contributed by atoms with Crippen LogP contribution in [0.15, 0.2) is 70.5 Å². The molecule has 2 aromatic carbocycles. The third kappa shape index (κ3) is 6.25. The van der Waals surface area contributed by atoms with Gasteiger partial charge in [0.2, 0.25) is 0 Å². The minimum atomic E-state index is -0.208. The number of thiazole rings is 1. The van der Waals surface area contributed by atoms with Crippen LogP contribution in [0.4, 0.5) is 0 Å². The molecule has 0 bridgehead atoms. The highest BCUT2D eigenvalue weighted by atomic mass is 35.5. The zero-order chi connectivity index (χ0) is 25.8. The van der Waals surface area contributed by atoms with Crippen LogP contribution in [0.1, 0.15) is 26.6 Å². The maximum atomic E-state index is 12.6. The van der Waals surface area contributed by atoms with Gasteiger partial charge in [0, 0.05) is 22.0 Å². The van der Waals surface area contributed by atoms with Crippen molar-refractivity contribution in [3.8, 4) is 16.4 Å². The number of carbonyl (C=O) groups excluding carboxylic acids is 1. The molecule has 3 aromatic heterocycles. The lowest BCUT2D eigenvalue weighted by atomic mass is 10.1. The predicted octanol–water partition coefficient (Wildman–Crippen LogP) is 7.33. The minimum absolute atomic E-state index is 0.208.